The number of benzene rings is 4. The molecule has 0 unspecified atom stereocenters. The fraction of sp³-hybridized carbons (Fsp3) is 0.467. The molecular formula is C60H66N4S4Se2. The zero-order valence-electron chi connectivity index (χ0n) is 42.0. The number of nitrogens with zero attached hydrogens (tertiary/aromatic N) is 4. The van der Waals surface area contributed by atoms with Crippen LogP contribution >= 0.6 is 46.1 Å². The molecule has 0 saturated heterocycles. The number of hydrogen-bond acceptors (Lipinski definition) is 8. The van der Waals surface area contributed by atoms with Gasteiger partial charge in [-0.3, -0.25) is 0 Å². The van der Waals surface area contributed by atoms with E-state index in [4.69, 9.17) is 17.5 Å². The Morgan fingerprint density at radius 2 is 0.857 bits per heavy atom. The van der Waals surface area contributed by atoms with E-state index in [0.29, 0.717) is 29.0 Å². The predicted octanol–water partition coefficient (Wildman–Crippen LogP) is 19.2. The number of aromatic nitrogens is 4. The van der Waals surface area contributed by atoms with Crippen molar-refractivity contribution >= 4 is 134 Å². The third-order valence-corrected chi connectivity index (χ3v) is 25.2. The number of hydrogen-bond donors (Lipinski definition) is 0. The average Bonchev–Trinajstić information content (AvgIpc) is 4.24. The Hall–Kier alpha value is -3.04. The van der Waals surface area contributed by atoms with Gasteiger partial charge in [0.15, 0.2) is 0 Å². The van der Waals surface area contributed by atoms with Crippen LogP contribution in [0.4, 0.5) is 0 Å². The summed E-state index contributed by atoms with van der Waals surface area (Å²) in [6.45, 7) is 14.0. The van der Waals surface area contributed by atoms with Crippen LogP contribution in [0.5, 0.6) is 0 Å². The Morgan fingerprint density at radius 3 is 1.39 bits per heavy atom. The van der Waals surface area contributed by atoms with E-state index >= 15 is 0 Å². The molecular weight excluding hydrogens is 1060 g/mol. The van der Waals surface area contributed by atoms with Crippen LogP contribution in [0.15, 0.2) is 48.5 Å². The van der Waals surface area contributed by atoms with Crippen LogP contribution in [0.1, 0.15) is 189 Å². The van der Waals surface area contributed by atoms with Crippen LogP contribution in [0.2, 0.25) is 0 Å². The first kappa shape index (κ1) is 47.9. The van der Waals surface area contributed by atoms with Crippen LogP contribution in [0.25, 0.3) is 92.0 Å². The van der Waals surface area contributed by atoms with Gasteiger partial charge in [-0.05, 0) is 12.5 Å². The van der Waals surface area contributed by atoms with Gasteiger partial charge in [0.2, 0.25) is 0 Å². The molecule has 0 bridgehead atoms. The molecule has 0 N–H and O–H groups in total. The summed E-state index contributed by atoms with van der Waals surface area (Å²) in [4.78, 5) is 2.82. The second-order valence-electron chi connectivity index (χ2n) is 21.1. The summed E-state index contributed by atoms with van der Waals surface area (Å²) in [5, 5.41) is 3.03. The zero-order valence-corrected chi connectivity index (χ0v) is 48.7. The second-order valence-corrected chi connectivity index (χ2v) is 29.1. The van der Waals surface area contributed by atoms with Crippen LogP contribution in [-0.4, -0.2) is 46.5 Å². The molecule has 4 nitrogen and oxygen atoms in total. The first-order chi connectivity index (χ1) is 34.3. The van der Waals surface area contributed by atoms with Gasteiger partial charge in [-0.1, -0.05) is 85.1 Å². The van der Waals surface area contributed by atoms with E-state index in [0.717, 1.165) is 22.1 Å². The van der Waals surface area contributed by atoms with Gasteiger partial charge in [0, 0.05) is 0 Å². The summed E-state index contributed by atoms with van der Waals surface area (Å²) in [6.07, 6.45) is 25.0. The molecule has 12 rings (SSSR count). The van der Waals surface area contributed by atoms with Crippen LogP contribution in [-0.2, 0) is 10.8 Å². The Kier molecular flexibility index (Phi) is 13.5. The molecule has 0 saturated carbocycles. The van der Waals surface area contributed by atoms with E-state index in [9.17, 15) is 0 Å². The molecule has 70 heavy (non-hydrogen) atoms. The quantitative estimate of drug-likeness (QED) is 0.0531. The monoisotopic (exact) mass is 1130 g/mol. The van der Waals surface area contributed by atoms with E-state index in [2.05, 4.69) is 90.1 Å². The SMILES string of the molecule is CCCCCCC1(CCCCCC)c2cc3c(cc2-c2c1cc(C)c1nsnc21)C(CCCCCC)(CCCCCC)c1cc(-c2cc4[se]c5cc6c(cc5c4s2)[se]c2cc(C)sc26)c2nsnc2c1-3. The summed E-state index contributed by atoms with van der Waals surface area (Å²) in [6, 6.07) is 21.0. The minimum absolute atomic E-state index is 0.0573. The second kappa shape index (κ2) is 19.7. The third-order valence-electron chi connectivity index (χ3n) is 16.7. The molecule has 0 radical (unpaired) electrons. The summed E-state index contributed by atoms with van der Waals surface area (Å²) in [5.41, 5.74) is 18.8. The maximum absolute atomic E-state index is 5.40. The van der Waals surface area contributed by atoms with Crippen molar-refractivity contribution in [2.24, 2.45) is 0 Å². The van der Waals surface area contributed by atoms with Crippen molar-refractivity contribution < 1.29 is 0 Å². The van der Waals surface area contributed by atoms with E-state index in [1.807, 2.05) is 22.7 Å². The van der Waals surface area contributed by atoms with Crippen LogP contribution < -0.4 is 0 Å². The molecule has 0 aliphatic heterocycles. The van der Waals surface area contributed by atoms with Gasteiger partial charge in [-0.25, -0.2) is 0 Å². The molecule has 0 fully saturated rings. The van der Waals surface area contributed by atoms with Gasteiger partial charge in [-0.2, -0.15) is 8.75 Å². The van der Waals surface area contributed by atoms with E-state index < -0.39 is 0 Å². The average molecular weight is 1130 g/mol. The molecule has 0 atom stereocenters. The van der Waals surface area contributed by atoms with E-state index in [-0.39, 0.29) is 10.8 Å². The Balaban J connectivity index is 1.09. The topological polar surface area (TPSA) is 51.6 Å². The van der Waals surface area contributed by atoms with Gasteiger partial charge in [0.1, 0.15) is 5.52 Å². The standard InChI is InChI=1S/C60H66N4S4Se2/c1-7-11-15-19-23-59(24-20-16-12-8-2)42-30-38-43(29-37(42)51-44(59)27-35(5)53-55(51)63-67-61-53)60(25-21-17-13-9-3,26-22-18-14-10-4)45-31-39(54-56(52(38)45)64-68-62-54)46-34-50-58(66-46)41-33-47-40(32-48(41)70-50)57-49(69-47)28-36(6)65-57/h27-34H,7-26H2,1-6H3. The number of unbranched alkanes of at least 4 members (excludes halogenated alkanes) is 12. The van der Waals surface area contributed by atoms with Gasteiger partial charge < -0.3 is 0 Å². The summed E-state index contributed by atoms with van der Waals surface area (Å²) >= 11 is 7.53. The Bertz CT molecular complexity index is 3550. The van der Waals surface area contributed by atoms with Crippen LogP contribution in [0, 0.1) is 13.8 Å². The molecule has 10 aromatic rings. The van der Waals surface area contributed by atoms with Crippen molar-refractivity contribution in [2.45, 2.75) is 181 Å². The Labute approximate surface area is 442 Å². The van der Waals surface area contributed by atoms with Gasteiger partial charge in [0.05, 0.1) is 11.7 Å². The van der Waals surface area contributed by atoms with Gasteiger partial charge >= 0.3 is 323 Å². The van der Waals surface area contributed by atoms with E-state index in [1.165, 1.54) is 226 Å². The maximum atomic E-state index is 5.40. The molecule has 0 spiro atoms. The number of rotatable bonds is 21. The molecule has 6 aromatic heterocycles. The van der Waals surface area contributed by atoms with Gasteiger partial charge in [0.25, 0.3) is 0 Å². The van der Waals surface area contributed by atoms with E-state index in [1.54, 1.807) is 28.2 Å². The van der Waals surface area contributed by atoms with Crippen molar-refractivity contribution in [3.8, 4) is 32.7 Å². The fourth-order valence-corrected chi connectivity index (χ4v) is 22.6. The summed E-state index contributed by atoms with van der Waals surface area (Å²) in [5.74, 6) is 0. The minimum atomic E-state index is -0.108. The summed E-state index contributed by atoms with van der Waals surface area (Å²) < 4.78 is 30.2. The molecule has 6 heterocycles. The number of aryl methyl sites for hydroxylation is 2. The summed E-state index contributed by atoms with van der Waals surface area (Å²) in [7, 11) is 0. The van der Waals surface area contributed by atoms with Crippen molar-refractivity contribution in [1.82, 2.24) is 17.5 Å². The molecule has 2 aliphatic rings. The Morgan fingerprint density at radius 1 is 0.414 bits per heavy atom. The fourth-order valence-electron chi connectivity index (χ4n) is 13.2. The number of fused-ring (bicyclic) bond motifs is 16. The zero-order chi connectivity index (χ0) is 47.7. The van der Waals surface area contributed by atoms with Crippen molar-refractivity contribution in [3.05, 3.63) is 81.2 Å². The first-order valence-electron chi connectivity index (χ1n) is 26.9. The number of thiophene rings is 2. The molecule has 0 amide bonds. The first-order valence-corrected chi connectivity index (χ1v) is 33.4. The van der Waals surface area contributed by atoms with Crippen LogP contribution in [0.3, 0.4) is 0 Å². The molecule has 10 heteroatoms. The molecule has 4 aromatic carbocycles. The van der Waals surface area contributed by atoms with Crippen molar-refractivity contribution in [1.29, 1.82) is 0 Å². The molecule has 2 aliphatic carbocycles. The normalized spacial score (nSPS) is 14.7. The van der Waals surface area contributed by atoms with Crippen molar-refractivity contribution in [2.75, 3.05) is 0 Å². The van der Waals surface area contributed by atoms with Gasteiger partial charge in [-0.15, -0.1) is 0 Å². The molecule has 362 valence electrons. The van der Waals surface area contributed by atoms with Crippen molar-refractivity contribution in [3.63, 3.8) is 0 Å². The predicted molar refractivity (Wildman–Crippen MR) is 310 cm³/mol. The third kappa shape index (κ3) is 7.77.